The predicted molar refractivity (Wildman–Crippen MR) is 268 cm³/mol. The van der Waals surface area contributed by atoms with E-state index in [1.165, 1.54) is 39.0 Å². The Morgan fingerprint density at radius 3 is 1.60 bits per heavy atom. The number of allylic oxidation sites excluding steroid dienone is 5. The average molecular weight is 834 g/mol. The van der Waals surface area contributed by atoms with Gasteiger partial charge in [0.25, 0.3) is 0 Å². The molecule has 1 aliphatic heterocycles. The molecular formula is C62H43NO2. The summed E-state index contributed by atoms with van der Waals surface area (Å²) in [4.78, 5) is 2.29. The molecule has 0 radical (unpaired) electrons. The Labute approximate surface area is 380 Å². The third-order valence-electron chi connectivity index (χ3n) is 13.2. The highest BCUT2D eigenvalue weighted by atomic mass is 16.6. The fourth-order valence-corrected chi connectivity index (χ4v) is 10.5. The van der Waals surface area contributed by atoms with E-state index in [1.54, 1.807) is 0 Å². The Hall–Kier alpha value is -8.40. The number of ether oxygens (including phenoxy) is 2. The molecule has 0 fully saturated rings. The molecule has 9 aromatic rings. The maximum atomic E-state index is 7.20. The van der Waals surface area contributed by atoms with E-state index >= 15 is 0 Å². The third kappa shape index (κ3) is 5.97. The van der Waals surface area contributed by atoms with Crippen LogP contribution in [0.1, 0.15) is 29.2 Å². The zero-order chi connectivity index (χ0) is 43.5. The second-order valence-corrected chi connectivity index (χ2v) is 16.7. The molecule has 2 aliphatic carbocycles. The second-order valence-electron chi connectivity index (χ2n) is 16.7. The van der Waals surface area contributed by atoms with Crippen LogP contribution in [0.25, 0.3) is 50.1 Å². The fraction of sp³-hybridized carbons (Fsp3) is 0.0323. The van der Waals surface area contributed by atoms with Gasteiger partial charge in [-0.15, -0.1) is 0 Å². The highest BCUT2D eigenvalue weighted by molar-refractivity contribution is 6.00. The molecule has 65 heavy (non-hydrogen) atoms. The van der Waals surface area contributed by atoms with E-state index < -0.39 is 5.41 Å². The SMILES string of the molecule is C=CC1=C(/C=C\C)c2ccccc2C12c1ccccc1-c1c2ccc2c1Oc1cccc(N(c3cccc(-c4ccccc4)c3)c3cccc(-c4ccc(-c5ccccc5)cc4)c3)c1O2. The zero-order valence-electron chi connectivity index (χ0n) is 35.9. The first-order valence-corrected chi connectivity index (χ1v) is 22.2. The molecule has 1 spiro atoms. The summed E-state index contributed by atoms with van der Waals surface area (Å²) in [5, 5.41) is 0. The lowest BCUT2D eigenvalue weighted by Crippen LogP contribution is -2.26. The van der Waals surface area contributed by atoms with Crippen LogP contribution in [0.4, 0.5) is 17.1 Å². The molecule has 12 rings (SSSR count). The molecule has 1 atom stereocenters. The molecule has 9 aromatic carbocycles. The quantitative estimate of drug-likeness (QED) is 0.152. The number of para-hydroxylation sites is 1. The fourth-order valence-electron chi connectivity index (χ4n) is 10.5. The molecule has 0 saturated heterocycles. The lowest BCUT2D eigenvalue weighted by molar-refractivity contribution is 0.361. The van der Waals surface area contributed by atoms with Crippen molar-refractivity contribution in [2.24, 2.45) is 0 Å². The van der Waals surface area contributed by atoms with E-state index in [-0.39, 0.29) is 0 Å². The highest BCUT2D eigenvalue weighted by Crippen LogP contribution is 2.66. The molecule has 308 valence electrons. The van der Waals surface area contributed by atoms with Gasteiger partial charge in [-0.05, 0) is 122 Å². The van der Waals surface area contributed by atoms with Crippen molar-refractivity contribution in [3.63, 3.8) is 0 Å². The largest absolute Gasteiger partial charge is 0.449 e. The van der Waals surface area contributed by atoms with E-state index in [0.29, 0.717) is 17.2 Å². The van der Waals surface area contributed by atoms with Crippen molar-refractivity contribution in [1.82, 2.24) is 0 Å². The van der Waals surface area contributed by atoms with E-state index in [2.05, 4.69) is 243 Å². The van der Waals surface area contributed by atoms with Crippen LogP contribution in [0.5, 0.6) is 23.0 Å². The minimum atomic E-state index is -0.562. The summed E-state index contributed by atoms with van der Waals surface area (Å²) in [7, 11) is 0. The predicted octanol–water partition coefficient (Wildman–Crippen LogP) is 16.9. The molecule has 0 amide bonds. The second kappa shape index (κ2) is 15.4. The number of fused-ring (bicyclic) bond motifs is 10. The minimum absolute atomic E-state index is 0.562. The standard InChI is InChI=1S/C62H43NO2/c1-3-18-49-50-27-11-13-29-53(50)62(52(49)4-2)54-30-14-12-28-51(54)59-55(62)37-38-58-61(59)65-57-32-17-31-56(60(57)64-58)63(47-25-15-23-45(39-47)42-21-9-6-10-22-42)48-26-16-24-46(40-48)44-35-33-43(34-36-44)41-19-7-5-8-20-41/h3-40H,2H2,1H3/b18-3-. The third-order valence-corrected chi connectivity index (χ3v) is 13.2. The maximum Gasteiger partial charge on any atom is 0.194 e. The summed E-state index contributed by atoms with van der Waals surface area (Å²) >= 11 is 0. The first-order valence-electron chi connectivity index (χ1n) is 22.2. The van der Waals surface area contributed by atoms with Gasteiger partial charge in [0.15, 0.2) is 23.0 Å². The van der Waals surface area contributed by atoms with Crippen molar-refractivity contribution in [1.29, 1.82) is 0 Å². The van der Waals surface area contributed by atoms with Crippen molar-refractivity contribution in [3.05, 3.63) is 265 Å². The summed E-state index contributed by atoms with van der Waals surface area (Å²) in [6.45, 7) is 6.50. The van der Waals surface area contributed by atoms with E-state index in [0.717, 1.165) is 61.8 Å². The Bertz CT molecular complexity index is 3400. The van der Waals surface area contributed by atoms with Crippen LogP contribution in [0.2, 0.25) is 0 Å². The lowest BCUT2D eigenvalue weighted by Gasteiger charge is -2.33. The van der Waals surface area contributed by atoms with Gasteiger partial charge in [-0.25, -0.2) is 0 Å². The summed E-state index contributed by atoms with van der Waals surface area (Å²) in [6.07, 6.45) is 6.39. The molecule has 1 heterocycles. The van der Waals surface area contributed by atoms with E-state index in [4.69, 9.17) is 9.47 Å². The average Bonchev–Trinajstić information content (AvgIpc) is 3.83. The van der Waals surface area contributed by atoms with Gasteiger partial charge in [0.2, 0.25) is 0 Å². The van der Waals surface area contributed by atoms with Crippen LogP contribution >= 0.6 is 0 Å². The molecule has 0 saturated carbocycles. The van der Waals surface area contributed by atoms with E-state index in [9.17, 15) is 0 Å². The number of hydrogen-bond donors (Lipinski definition) is 0. The zero-order valence-corrected chi connectivity index (χ0v) is 35.9. The summed E-state index contributed by atoms with van der Waals surface area (Å²) in [5.41, 5.74) is 18.6. The van der Waals surface area contributed by atoms with Crippen LogP contribution in [-0.2, 0) is 5.41 Å². The Kier molecular flexibility index (Phi) is 9.10. The van der Waals surface area contributed by atoms with Crippen LogP contribution in [-0.4, -0.2) is 0 Å². The highest BCUT2D eigenvalue weighted by Gasteiger charge is 2.53. The Morgan fingerprint density at radius 2 is 0.954 bits per heavy atom. The Balaban J connectivity index is 1.00. The van der Waals surface area contributed by atoms with Crippen LogP contribution in [0.3, 0.4) is 0 Å². The van der Waals surface area contributed by atoms with Gasteiger partial charge in [0.05, 0.1) is 11.1 Å². The first-order chi connectivity index (χ1) is 32.1. The topological polar surface area (TPSA) is 21.7 Å². The summed E-state index contributed by atoms with van der Waals surface area (Å²) in [5.74, 6) is 2.69. The molecule has 3 heteroatoms. The van der Waals surface area contributed by atoms with Gasteiger partial charge < -0.3 is 14.4 Å². The molecule has 3 nitrogen and oxygen atoms in total. The monoisotopic (exact) mass is 833 g/mol. The molecule has 0 bridgehead atoms. The van der Waals surface area contributed by atoms with Crippen LogP contribution in [0.15, 0.2) is 243 Å². The normalized spacial score (nSPS) is 15.1. The van der Waals surface area contributed by atoms with Crippen LogP contribution in [0, 0.1) is 0 Å². The molecule has 1 unspecified atom stereocenters. The molecule has 3 aliphatic rings. The lowest BCUT2D eigenvalue weighted by atomic mass is 9.69. The van der Waals surface area contributed by atoms with Crippen molar-refractivity contribution < 1.29 is 9.47 Å². The molecular weight excluding hydrogens is 791 g/mol. The Morgan fingerprint density at radius 1 is 0.446 bits per heavy atom. The van der Waals surface area contributed by atoms with Crippen molar-refractivity contribution >= 4 is 22.6 Å². The van der Waals surface area contributed by atoms with E-state index in [1.807, 2.05) is 6.07 Å². The number of rotatable bonds is 8. The van der Waals surface area contributed by atoms with Crippen molar-refractivity contribution in [3.8, 4) is 67.5 Å². The number of anilines is 3. The number of benzene rings is 9. The van der Waals surface area contributed by atoms with Gasteiger partial charge in [0.1, 0.15) is 0 Å². The number of hydrogen-bond acceptors (Lipinski definition) is 3. The van der Waals surface area contributed by atoms with Crippen LogP contribution < -0.4 is 14.4 Å². The molecule has 0 aromatic heterocycles. The summed E-state index contributed by atoms with van der Waals surface area (Å²) in [6, 6.07) is 75.4. The van der Waals surface area contributed by atoms with Gasteiger partial charge in [0, 0.05) is 16.9 Å². The van der Waals surface area contributed by atoms with Gasteiger partial charge in [-0.3, -0.25) is 0 Å². The van der Waals surface area contributed by atoms with Gasteiger partial charge in [-0.1, -0.05) is 195 Å². The first kappa shape index (κ1) is 38.3. The van der Waals surface area contributed by atoms with Crippen molar-refractivity contribution in [2.75, 3.05) is 4.90 Å². The van der Waals surface area contributed by atoms with Crippen molar-refractivity contribution in [2.45, 2.75) is 12.3 Å². The smallest absolute Gasteiger partial charge is 0.194 e. The minimum Gasteiger partial charge on any atom is -0.449 e. The van der Waals surface area contributed by atoms with Gasteiger partial charge >= 0.3 is 0 Å². The summed E-state index contributed by atoms with van der Waals surface area (Å²) < 4.78 is 14.4. The molecule has 0 N–H and O–H groups in total. The maximum absolute atomic E-state index is 7.20. The number of nitrogens with zero attached hydrogens (tertiary/aromatic N) is 1. The van der Waals surface area contributed by atoms with Gasteiger partial charge in [-0.2, -0.15) is 0 Å².